The van der Waals surface area contributed by atoms with Crippen LogP contribution in [0.4, 0.5) is 15.0 Å². The molecule has 4 atom stereocenters. The summed E-state index contributed by atoms with van der Waals surface area (Å²) in [6.07, 6.45) is -1.75. The lowest BCUT2D eigenvalue weighted by atomic mass is 10.1. The Balaban J connectivity index is 2.09. The van der Waals surface area contributed by atoms with Crippen LogP contribution < -0.4 is 11.0 Å². The Labute approximate surface area is 149 Å². The smallest absolute Gasteiger partial charge is 0.412 e. The highest BCUT2D eigenvalue weighted by Gasteiger charge is 2.43. The first-order chi connectivity index (χ1) is 12.4. The van der Waals surface area contributed by atoms with Gasteiger partial charge in [-0.25, -0.2) is 14.0 Å². The molecule has 1 amide bonds. The molecule has 1 fully saturated rings. The van der Waals surface area contributed by atoms with Gasteiger partial charge in [-0.2, -0.15) is 4.98 Å². The van der Waals surface area contributed by atoms with E-state index in [1.165, 1.54) is 0 Å². The van der Waals surface area contributed by atoms with Crippen LogP contribution in [-0.4, -0.2) is 50.8 Å². The lowest BCUT2D eigenvalue weighted by molar-refractivity contribution is -0.0408. The number of amides is 1. The predicted molar refractivity (Wildman–Crippen MR) is 89.2 cm³/mol. The highest BCUT2D eigenvalue weighted by atomic mass is 19.1. The van der Waals surface area contributed by atoms with Crippen LogP contribution in [-0.2, 0) is 9.47 Å². The van der Waals surface area contributed by atoms with E-state index >= 15 is 0 Å². The van der Waals surface area contributed by atoms with Gasteiger partial charge in [0.05, 0.1) is 18.9 Å². The number of ether oxygens (including phenoxy) is 2. The summed E-state index contributed by atoms with van der Waals surface area (Å²) < 4.78 is 25.2. The van der Waals surface area contributed by atoms with Crippen LogP contribution in [0.25, 0.3) is 0 Å². The van der Waals surface area contributed by atoms with Gasteiger partial charge in [-0.1, -0.05) is 26.7 Å². The average molecular weight is 373 g/mol. The number of hydrogen-bond acceptors (Lipinski definition) is 7. The first kappa shape index (κ1) is 20.3. The third-order valence-corrected chi connectivity index (χ3v) is 4.12. The monoisotopic (exact) mass is 373 g/mol. The maximum Gasteiger partial charge on any atom is 0.412 e. The number of nitrogens with zero attached hydrogens (tertiary/aromatic N) is 2. The second-order valence-electron chi connectivity index (χ2n) is 6.05. The minimum absolute atomic E-state index is 0.177. The molecular weight excluding hydrogens is 349 g/mol. The Morgan fingerprint density at radius 1 is 1.38 bits per heavy atom. The molecule has 0 saturated carbocycles. The topological polar surface area (TPSA) is 123 Å². The summed E-state index contributed by atoms with van der Waals surface area (Å²) in [5.41, 5.74) is -0.944. The SMILES string of the molecule is CCCCCOC(=O)Nc1nc(=O)n([C@@H]2O[C@H](CC)C(O)C2O)cc1F. The number of nitrogens with one attached hydrogen (secondary N) is 1. The fourth-order valence-electron chi connectivity index (χ4n) is 2.66. The Kier molecular flexibility index (Phi) is 7.06. The molecule has 2 unspecified atom stereocenters. The summed E-state index contributed by atoms with van der Waals surface area (Å²) >= 11 is 0. The fourth-order valence-corrected chi connectivity index (χ4v) is 2.66. The van der Waals surface area contributed by atoms with Crippen LogP contribution in [0.3, 0.4) is 0 Å². The van der Waals surface area contributed by atoms with Gasteiger partial charge in [-0.3, -0.25) is 9.88 Å². The van der Waals surface area contributed by atoms with Crippen LogP contribution >= 0.6 is 0 Å². The Bertz CT molecular complexity index is 682. The highest BCUT2D eigenvalue weighted by Crippen LogP contribution is 2.30. The van der Waals surface area contributed by atoms with E-state index in [9.17, 15) is 24.2 Å². The van der Waals surface area contributed by atoms with E-state index in [4.69, 9.17) is 9.47 Å². The Morgan fingerprint density at radius 2 is 2.12 bits per heavy atom. The molecule has 0 aliphatic carbocycles. The van der Waals surface area contributed by atoms with Crippen LogP contribution in [0, 0.1) is 5.82 Å². The predicted octanol–water partition coefficient (Wildman–Crippen LogP) is 1.15. The second kappa shape index (κ2) is 9.06. The number of anilines is 1. The van der Waals surface area contributed by atoms with E-state index in [0.29, 0.717) is 12.8 Å². The van der Waals surface area contributed by atoms with Crippen molar-refractivity contribution in [3.63, 3.8) is 0 Å². The number of halogens is 1. The molecule has 10 heteroatoms. The average Bonchev–Trinajstić information content (AvgIpc) is 2.89. The minimum atomic E-state index is -1.40. The molecule has 146 valence electrons. The molecule has 9 nitrogen and oxygen atoms in total. The van der Waals surface area contributed by atoms with Gasteiger partial charge in [0.15, 0.2) is 17.9 Å². The van der Waals surface area contributed by atoms with Crippen molar-refractivity contribution in [1.29, 1.82) is 0 Å². The quantitative estimate of drug-likeness (QED) is 0.613. The van der Waals surface area contributed by atoms with E-state index in [2.05, 4.69) is 10.3 Å². The van der Waals surface area contributed by atoms with Crippen LogP contribution in [0.2, 0.25) is 0 Å². The lowest BCUT2D eigenvalue weighted by Crippen LogP contribution is -2.36. The third kappa shape index (κ3) is 4.57. The van der Waals surface area contributed by atoms with Gasteiger partial charge in [0.1, 0.15) is 12.2 Å². The van der Waals surface area contributed by atoms with Crippen molar-refractivity contribution in [1.82, 2.24) is 9.55 Å². The van der Waals surface area contributed by atoms with Gasteiger partial charge in [0, 0.05) is 0 Å². The molecular formula is C16H24FN3O6. The largest absolute Gasteiger partial charge is 0.449 e. The summed E-state index contributed by atoms with van der Waals surface area (Å²) in [6, 6.07) is 0. The van der Waals surface area contributed by atoms with Crippen molar-refractivity contribution in [2.75, 3.05) is 11.9 Å². The van der Waals surface area contributed by atoms with Crippen LogP contribution in [0.5, 0.6) is 0 Å². The highest BCUT2D eigenvalue weighted by molar-refractivity contribution is 5.83. The summed E-state index contributed by atoms with van der Waals surface area (Å²) in [5.74, 6) is -1.58. The van der Waals surface area contributed by atoms with E-state index in [1.807, 2.05) is 6.92 Å². The van der Waals surface area contributed by atoms with Gasteiger partial charge in [-0.05, 0) is 12.8 Å². The number of carbonyl (C=O) groups excluding carboxylic acids is 1. The van der Waals surface area contributed by atoms with E-state index in [1.54, 1.807) is 6.92 Å². The zero-order chi connectivity index (χ0) is 19.3. The molecule has 0 spiro atoms. The van der Waals surface area contributed by atoms with Gasteiger partial charge in [0.2, 0.25) is 0 Å². The number of hydrogen-bond donors (Lipinski definition) is 3. The summed E-state index contributed by atoms with van der Waals surface area (Å²) in [7, 11) is 0. The number of unbranched alkanes of at least 4 members (excludes halogenated alkanes) is 2. The van der Waals surface area contributed by atoms with E-state index in [-0.39, 0.29) is 6.61 Å². The first-order valence-corrected chi connectivity index (χ1v) is 8.63. The van der Waals surface area contributed by atoms with Gasteiger partial charge >= 0.3 is 11.8 Å². The maximum atomic E-state index is 14.2. The molecule has 1 aliphatic heterocycles. The molecule has 0 radical (unpaired) electrons. The number of rotatable bonds is 7. The summed E-state index contributed by atoms with van der Waals surface area (Å²) in [6.45, 7) is 3.92. The fraction of sp³-hybridized carbons (Fsp3) is 0.688. The standard InChI is InChI=1S/C16H24FN3O6/c1-3-5-6-7-25-16(24)19-13-9(17)8-20(15(23)18-13)14-12(22)11(21)10(4-2)26-14/h8,10-12,14,21-22H,3-7H2,1-2H3,(H,18,19,23,24)/t10-,11?,12?,14-/m1/s1. The van der Waals surface area contributed by atoms with Gasteiger partial charge in [0.25, 0.3) is 0 Å². The van der Waals surface area contributed by atoms with Crippen LogP contribution in [0.1, 0.15) is 45.8 Å². The number of aromatic nitrogens is 2. The maximum absolute atomic E-state index is 14.2. The van der Waals surface area contributed by atoms with Crippen molar-refractivity contribution in [2.24, 2.45) is 0 Å². The molecule has 2 heterocycles. The Morgan fingerprint density at radius 3 is 2.73 bits per heavy atom. The molecule has 2 rings (SSSR count). The van der Waals surface area contributed by atoms with Gasteiger partial charge in [-0.15, -0.1) is 0 Å². The molecule has 26 heavy (non-hydrogen) atoms. The number of aliphatic hydroxyl groups is 2. The summed E-state index contributed by atoms with van der Waals surface area (Å²) in [5, 5.41) is 21.9. The van der Waals surface area contributed by atoms with Crippen molar-refractivity contribution < 1.29 is 28.9 Å². The minimum Gasteiger partial charge on any atom is -0.449 e. The van der Waals surface area contributed by atoms with Crippen LogP contribution in [0.15, 0.2) is 11.0 Å². The van der Waals surface area contributed by atoms with Crippen molar-refractivity contribution in [2.45, 2.75) is 64.1 Å². The van der Waals surface area contributed by atoms with E-state index < -0.39 is 48.0 Å². The van der Waals surface area contributed by atoms with Crippen molar-refractivity contribution >= 4 is 11.9 Å². The third-order valence-electron chi connectivity index (χ3n) is 4.12. The van der Waals surface area contributed by atoms with Crippen molar-refractivity contribution in [3.8, 4) is 0 Å². The molecule has 0 aromatic carbocycles. The second-order valence-corrected chi connectivity index (χ2v) is 6.05. The summed E-state index contributed by atoms with van der Waals surface area (Å²) in [4.78, 5) is 27.2. The lowest BCUT2D eigenvalue weighted by Gasteiger charge is -2.17. The van der Waals surface area contributed by atoms with E-state index in [0.717, 1.165) is 23.6 Å². The van der Waals surface area contributed by atoms with Gasteiger partial charge < -0.3 is 19.7 Å². The molecule has 1 aromatic rings. The number of carbonyl (C=O) groups is 1. The molecule has 1 aliphatic rings. The Hall–Kier alpha value is -2.04. The molecule has 0 bridgehead atoms. The molecule has 3 N–H and O–H groups in total. The van der Waals surface area contributed by atoms with Crippen molar-refractivity contribution in [3.05, 3.63) is 22.5 Å². The zero-order valence-electron chi connectivity index (χ0n) is 14.7. The zero-order valence-corrected chi connectivity index (χ0v) is 14.7. The molecule has 1 saturated heterocycles. The first-order valence-electron chi connectivity index (χ1n) is 8.63. The normalized spacial score (nSPS) is 25.3. The molecule has 1 aromatic heterocycles. The number of aliphatic hydroxyl groups excluding tert-OH is 2.